The Hall–Kier alpha value is -4.05. The lowest BCUT2D eigenvalue weighted by Gasteiger charge is -2.33. The number of hydrogen-bond donors (Lipinski definition) is 1. The van der Waals surface area contributed by atoms with Gasteiger partial charge in [-0.2, -0.15) is 0 Å². The first-order valence-electron chi connectivity index (χ1n) is 14.1. The van der Waals surface area contributed by atoms with Crippen LogP contribution in [0.2, 0.25) is 0 Å². The molecule has 43 heavy (non-hydrogen) atoms. The van der Waals surface area contributed by atoms with E-state index in [0.29, 0.717) is 17.9 Å². The molecule has 10 heteroatoms. The molecule has 0 aromatic heterocycles. The van der Waals surface area contributed by atoms with Crippen LogP contribution >= 0.6 is 0 Å². The molecule has 0 spiro atoms. The summed E-state index contributed by atoms with van der Waals surface area (Å²) in [6.07, 6.45) is 0.492. The third-order valence-corrected chi connectivity index (χ3v) is 8.64. The van der Waals surface area contributed by atoms with Crippen molar-refractivity contribution >= 4 is 27.5 Å². The first kappa shape index (κ1) is 33.5. The number of sulfonamides is 1. The van der Waals surface area contributed by atoms with Crippen molar-refractivity contribution in [3.63, 3.8) is 0 Å². The second-order valence-corrected chi connectivity index (χ2v) is 13.5. The number of rotatable bonds is 12. The fourth-order valence-electron chi connectivity index (χ4n) is 4.77. The van der Waals surface area contributed by atoms with E-state index in [2.05, 4.69) is 5.32 Å². The minimum atomic E-state index is -4.27. The van der Waals surface area contributed by atoms with Gasteiger partial charge in [0, 0.05) is 18.2 Å². The Morgan fingerprint density at radius 3 is 2.05 bits per heavy atom. The molecule has 0 aliphatic heterocycles. The van der Waals surface area contributed by atoms with Crippen LogP contribution in [0.3, 0.4) is 0 Å². The van der Waals surface area contributed by atoms with Gasteiger partial charge in [-0.25, -0.2) is 8.42 Å². The third-order valence-electron chi connectivity index (χ3n) is 6.87. The average Bonchev–Trinajstić information content (AvgIpc) is 2.94. The summed E-state index contributed by atoms with van der Waals surface area (Å²) in [7, 11) is -1.38. The number of nitrogens with zero attached hydrogens (tertiary/aromatic N) is 2. The van der Waals surface area contributed by atoms with Crippen LogP contribution in [0.5, 0.6) is 11.5 Å². The summed E-state index contributed by atoms with van der Waals surface area (Å²) in [4.78, 5) is 28.8. The first-order chi connectivity index (χ1) is 20.2. The van der Waals surface area contributed by atoms with Crippen LogP contribution < -0.4 is 19.1 Å². The number of anilines is 1. The highest BCUT2D eigenvalue weighted by atomic mass is 32.2. The van der Waals surface area contributed by atoms with Gasteiger partial charge in [-0.15, -0.1) is 0 Å². The van der Waals surface area contributed by atoms with E-state index in [1.165, 1.54) is 37.3 Å². The van der Waals surface area contributed by atoms with Crippen molar-refractivity contribution in [1.82, 2.24) is 10.2 Å². The van der Waals surface area contributed by atoms with E-state index >= 15 is 0 Å². The molecule has 0 fully saturated rings. The van der Waals surface area contributed by atoms with Crippen molar-refractivity contribution in [3.8, 4) is 11.5 Å². The summed E-state index contributed by atoms with van der Waals surface area (Å²) < 4.78 is 40.2. The molecule has 1 atom stereocenters. The third kappa shape index (κ3) is 8.73. The first-order valence-corrected chi connectivity index (χ1v) is 15.6. The second-order valence-electron chi connectivity index (χ2n) is 11.6. The number of ether oxygens (including phenoxy) is 2. The van der Waals surface area contributed by atoms with Crippen LogP contribution in [0, 0.1) is 13.8 Å². The topological polar surface area (TPSA) is 105 Å². The molecule has 3 aromatic rings. The zero-order chi connectivity index (χ0) is 31.9. The minimum Gasteiger partial charge on any atom is -0.493 e. The van der Waals surface area contributed by atoms with Gasteiger partial charge in [0.1, 0.15) is 12.6 Å². The van der Waals surface area contributed by atoms with Crippen LogP contribution in [0.25, 0.3) is 0 Å². The second kappa shape index (κ2) is 13.9. The summed E-state index contributed by atoms with van der Waals surface area (Å²) in [5.74, 6) is -0.209. The van der Waals surface area contributed by atoms with Gasteiger partial charge in [-0.3, -0.25) is 13.9 Å². The van der Waals surface area contributed by atoms with Gasteiger partial charge in [0.05, 0.1) is 24.8 Å². The Bertz CT molecular complexity index is 1510. The Labute approximate surface area is 255 Å². The maximum Gasteiger partial charge on any atom is 0.264 e. The smallest absolute Gasteiger partial charge is 0.264 e. The van der Waals surface area contributed by atoms with E-state index in [0.717, 1.165) is 21.0 Å². The molecular formula is C33H43N3O6S. The summed E-state index contributed by atoms with van der Waals surface area (Å²) in [6, 6.07) is 18.5. The zero-order valence-electron chi connectivity index (χ0n) is 26.3. The molecule has 0 aliphatic carbocycles. The van der Waals surface area contributed by atoms with Gasteiger partial charge < -0.3 is 19.7 Å². The van der Waals surface area contributed by atoms with Crippen molar-refractivity contribution in [1.29, 1.82) is 0 Å². The largest absolute Gasteiger partial charge is 0.493 e. The molecule has 0 saturated carbocycles. The fourth-order valence-corrected chi connectivity index (χ4v) is 6.19. The van der Waals surface area contributed by atoms with Crippen LogP contribution in [0.4, 0.5) is 5.69 Å². The number of nitrogens with one attached hydrogen (secondary N) is 1. The molecule has 0 heterocycles. The van der Waals surface area contributed by atoms with Gasteiger partial charge in [-0.1, -0.05) is 36.4 Å². The number of aryl methyl sites for hydroxylation is 2. The zero-order valence-corrected chi connectivity index (χ0v) is 27.1. The van der Waals surface area contributed by atoms with Crippen LogP contribution in [0.1, 0.15) is 44.4 Å². The lowest BCUT2D eigenvalue weighted by Crippen LogP contribution is -2.55. The van der Waals surface area contributed by atoms with E-state index in [4.69, 9.17) is 9.47 Å². The summed E-state index contributed by atoms with van der Waals surface area (Å²) >= 11 is 0. The molecule has 9 nitrogen and oxygen atoms in total. The highest BCUT2D eigenvalue weighted by molar-refractivity contribution is 7.92. The molecule has 1 unspecified atom stereocenters. The van der Waals surface area contributed by atoms with E-state index in [9.17, 15) is 18.0 Å². The van der Waals surface area contributed by atoms with E-state index in [1.807, 2.05) is 71.0 Å². The predicted octanol–water partition coefficient (Wildman–Crippen LogP) is 4.89. The average molecular weight is 610 g/mol. The van der Waals surface area contributed by atoms with E-state index in [1.54, 1.807) is 19.1 Å². The van der Waals surface area contributed by atoms with Crippen molar-refractivity contribution < 1.29 is 27.5 Å². The fraction of sp³-hybridized carbons (Fsp3) is 0.394. The van der Waals surface area contributed by atoms with Gasteiger partial charge in [0.15, 0.2) is 11.5 Å². The number of carbonyl (C=O) groups is 2. The number of methoxy groups -OCH3 is 2. The van der Waals surface area contributed by atoms with Crippen LogP contribution in [-0.4, -0.2) is 64.0 Å². The Kier molecular flexibility index (Phi) is 10.9. The van der Waals surface area contributed by atoms with Gasteiger partial charge >= 0.3 is 0 Å². The highest BCUT2D eigenvalue weighted by Crippen LogP contribution is 2.33. The highest BCUT2D eigenvalue weighted by Gasteiger charge is 2.33. The molecule has 232 valence electrons. The summed E-state index contributed by atoms with van der Waals surface area (Å²) in [5.41, 5.74) is 2.51. The predicted molar refractivity (Wildman–Crippen MR) is 169 cm³/mol. The normalized spacial score (nSPS) is 12.3. The summed E-state index contributed by atoms with van der Waals surface area (Å²) in [6.45, 7) is 10.7. The van der Waals surface area contributed by atoms with Gasteiger partial charge in [-0.05, 0) is 88.9 Å². The SMILES string of the molecule is COc1ccc(S(=O)(=O)N(CC(=O)N(CCc2ccccc2)C(C)C(=O)NC(C)(C)C)c2cc(C)cc(C)c2)cc1OC. The van der Waals surface area contributed by atoms with Crippen LogP contribution in [0.15, 0.2) is 71.6 Å². The molecule has 0 aliphatic rings. The van der Waals surface area contributed by atoms with Gasteiger partial charge in [0.25, 0.3) is 10.0 Å². The monoisotopic (exact) mass is 609 g/mol. The quantitative estimate of drug-likeness (QED) is 0.314. The minimum absolute atomic E-state index is 0.0635. The molecule has 1 N–H and O–H groups in total. The van der Waals surface area contributed by atoms with Crippen molar-refractivity contribution in [2.75, 3.05) is 31.6 Å². The lowest BCUT2D eigenvalue weighted by molar-refractivity contribution is -0.139. The number of amides is 2. The van der Waals surface area contributed by atoms with Crippen molar-refractivity contribution in [3.05, 3.63) is 83.4 Å². The molecule has 3 aromatic carbocycles. The van der Waals surface area contributed by atoms with E-state index in [-0.39, 0.29) is 23.1 Å². The Balaban J connectivity index is 2.07. The molecule has 2 amide bonds. The van der Waals surface area contributed by atoms with Crippen molar-refractivity contribution in [2.24, 2.45) is 0 Å². The van der Waals surface area contributed by atoms with E-state index < -0.39 is 34.1 Å². The maximum absolute atomic E-state index is 14.2. The molecule has 0 radical (unpaired) electrons. The van der Waals surface area contributed by atoms with Gasteiger partial charge in [0.2, 0.25) is 11.8 Å². The lowest BCUT2D eigenvalue weighted by atomic mass is 10.1. The standard InChI is InChI=1S/C33H43N3O6S/c1-23-18-24(2)20-27(19-23)36(43(39,40)28-14-15-29(41-7)30(21-28)42-8)22-31(37)35(17-16-26-12-10-9-11-13-26)25(3)32(38)34-33(4,5)6/h9-15,18-21,25H,16-17,22H2,1-8H3,(H,34,38). The van der Waals surface area contributed by atoms with Crippen molar-refractivity contribution in [2.45, 2.75) is 64.4 Å². The summed E-state index contributed by atoms with van der Waals surface area (Å²) in [5, 5.41) is 2.94. The maximum atomic E-state index is 14.2. The molecular weight excluding hydrogens is 566 g/mol. The van der Waals surface area contributed by atoms with Crippen LogP contribution in [-0.2, 0) is 26.0 Å². The number of carbonyl (C=O) groups excluding carboxylic acids is 2. The number of benzene rings is 3. The molecule has 3 rings (SSSR count). The Morgan fingerprint density at radius 1 is 0.884 bits per heavy atom. The number of hydrogen-bond acceptors (Lipinski definition) is 6. The molecule has 0 bridgehead atoms. The Morgan fingerprint density at radius 2 is 1.49 bits per heavy atom. The molecule has 0 saturated heterocycles.